The SMILES string of the molecule is CC(C)n1ncc2ccnnc2c1=O. The maximum Gasteiger partial charge on any atom is 0.295 e. The minimum absolute atomic E-state index is 0.0360. The molecule has 0 aliphatic heterocycles. The molecule has 72 valence electrons. The van der Waals surface area contributed by atoms with Crippen molar-refractivity contribution < 1.29 is 0 Å². The average molecular weight is 190 g/mol. The van der Waals surface area contributed by atoms with Crippen molar-refractivity contribution in [2.75, 3.05) is 0 Å². The molecule has 2 aromatic rings. The largest absolute Gasteiger partial charge is 0.295 e. The molecule has 2 heterocycles. The van der Waals surface area contributed by atoms with Crippen molar-refractivity contribution in [1.29, 1.82) is 0 Å². The van der Waals surface area contributed by atoms with Gasteiger partial charge in [0.05, 0.1) is 18.4 Å². The molecular weight excluding hydrogens is 180 g/mol. The van der Waals surface area contributed by atoms with Gasteiger partial charge in [-0.15, -0.1) is 5.10 Å². The molecule has 5 heteroatoms. The first-order chi connectivity index (χ1) is 6.70. The molecule has 0 saturated carbocycles. The first-order valence-corrected chi connectivity index (χ1v) is 4.39. The van der Waals surface area contributed by atoms with Crippen LogP contribution in [-0.2, 0) is 0 Å². The van der Waals surface area contributed by atoms with Gasteiger partial charge in [0.2, 0.25) is 0 Å². The summed E-state index contributed by atoms with van der Waals surface area (Å²) in [5, 5.41) is 12.2. The van der Waals surface area contributed by atoms with E-state index < -0.39 is 0 Å². The standard InChI is InChI=1S/C9H10N4O/c1-6(2)13-9(14)8-7(5-11-13)3-4-10-12-8/h3-6H,1-2H3. The van der Waals surface area contributed by atoms with E-state index in [0.29, 0.717) is 5.52 Å². The highest BCUT2D eigenvalue weighted by molar-refractivity contribution is 5.75. The molecule has 0 amide bonds. The first-order valence-electron chi connectivity index (χ1n) is 4.39. The molecule has 0 fully saturated rings. The predicted octanol–water partition coefficient (Wildman–Crippen LogP) is 0.767. The molecule has 2 aromatic heterocycles. The van der Waals surface area contributed by atoms with Crippen LogP contribution in [0.15, 0.2) is 23.3 Å². The second-order valence-corrected chi connectivity index (χ2v) is 3.32. The summed E-state index contributed by atoms with van der Waals surface area (Å²) >= 11 is 0. The number of fused-ring (bicyclic) bond motifs is 1. The minimum Gasteiger partial charge on any atom is -0.265 e. The van der Waals surface area contributed by atoms with Gasteiger partial charge in [0, 0.05) is 5.39 Å². The molecule has 0 aromatic carbocycles. The molecule has 0 aliphatic rings. The van der Waals surface area contributed by atoms with Crippen LogP contribution >= 0.6 is 0 Å². The van der Waals surface area contributed by atoms with Crippen LogP contribution in [0.5, 0.6) is 0 Å². The molecule has 0 N–H and O–H groups in total. The Hall–Kier alpha value is -1.78. The molecule has 0 radical (unpaired) electrons. The third-order valence-electron chi connectivity index (χ3n) is 1.97. The second-order valence-electron chi connectivity index (χ2n) is 3.32. The van der Waals surface area contributed by atoms with Gasteiger partial charge in [0.25, 0.3) is 5.56 Å². The number of hydrogen-bond acceptors (Lipinski definition) is 4. The van der Waals surface area contributed by atoms with Gasteiger partial charge in [-0.2, -0.15) is 10.2 Å². The van der Waals surface area contributed by atoms with E-state index >= 15 is 0 Å². The highest BCUT2D eigenvalue weighted by atomic mass is 16.1. The Bertz CT molecular complexity index is 517. The third-order valence-corrected chi connectivity index (χ3v) is 1.97. The molecular formula is C9H10N4O. The molecule has 0 saturated heterocycles. The number of hydrogen-bond donors (Lipinski definition) is 0. The smallest absolute Gasteiger partial charge is 0.265 e. The van der Waals surface area contributed by atoms with Gasteiger partial charge in [-0.05, 0) is 19.9 Å². The van der Waals surface area contributed by atoms with Gasteiger partial charge in [0.15, 0.2) is 5.52 Å². The Morgan fingerprint density at radius 1 is 1.43 bits per heavy atom. The van der Waals surface area contributed by atoms with E-state index in [1.54, 1.807) is 18.5 Å². The second kappa shape index (κ2) is 3.17. The summed E-state index contributed by atoms with van der Waals surface area (Å²) in [7, 11) is 0. The van der Waals surface area contributed by atoms with E-state index in [-0.39, 0.29) is 11.6 Å². The summed E-state index contributed by atoms with van der Waals surface area (Å²) in [6, 6.07) is 1.76. The maximum atomic E-state index is 11.8. The van der Waals surface area contributed by atoms with Crippen molar-refractivity contribution in [1.82, 2.24) is 20.0 Å². The fourth-order valence-electron chi connectivity index (χ4n) is 1.26. The zero-order valence-corrected chi connectivity index (χ0v) is 8.01. The maximum absolute atomic E-state index is 11.8. The van der Waals surface area contributed by atoms with Crippen LogP contribution < -0.4 is 5.56 Å². The van der Waals surface area contributed by atoms with Crippen LogP contribution in [-0.4, -0.2) is 20.0 Å². The highest BCUT2D eigenvalue weighted by Crippen LogP contribution is 2.04. The summed E-state index contributed by atoms with van der Waals surface area (Å²) in [5.74, 6) is 0. The zero-order chi connectivity index (χ0) is 10.1. The summed E-state index contributed by atoms with van der Waals surface area (Å²) in [5.41, 5.74) is 0.182. The van der Waals surface area contributed by atoms with Crippen molar-refractivity contribution in [2.24, 2.45) is 0 Å². The van der Waals surface area contributed by atoms with Crippen LogP contribution in [0, 0.1) is 0 Å². The summed E-state index contributed by atoms with van der Waals surface area (Å²) < 4.78 is 1.40. The van der Waals surface area contributed by atoms with E-state index in [9.17, 15) is 4.79 Å². The summed E-state index contributed by atoms with van der Waals surface area (Å²) in [6.45, 7) is 3.80. The molecule has 0 aliphatic carbocycles. The van der Waals surface area contributed by atoms with Crippen LogP contribution in [0.3, 0.4) is 0 Å². The van der Waals surface area contributed by atoms with Crippen molar-refractivity contribution in [3.63, 3.8) is 0 Å². The fourth-order valence-corrected chi connectivity index (χ4v) is 1.26. The van der Waals surface area contributed by atoms with E-state index in [4.69, 9.17) is 0 Å². The molecule has 0 atom stereocenters. The first kappa shape index (κ1) is 8.80. The molecule has 0 unspecified atom stereocenters. The molecule has 14 heavy (non-hydrogen) atoms. The average Bonchev–Trinajstić information content (AvgIpc) is 2.18. The summed E-state index contributed by atoms with van der Waals surface area (Å²) in [4.78, 5) is 11.8. The van der Waals surface area contributed by atoms with Crippen molar-refractivity contribution in [3.05, 3.63) is 28.8 Å². The van der Waals surface area contributed by atoms with Crippen LogP contribution in [0.25, 0.3) is 10.9 Å². The normalized spacial score (nSPS) is 11.1. The lowest BCUT2D eigenvalue weighted by Crippen LogP contribution is -2.25. The Labute approximate surface area is 80.4 Å². The quantitative estimate of drug-likeness (QED) is 0.666. The summed E-state index contributed by atoms with van der Waals surface area (Å²) in [6.07, 6.45) is 3.18. The molecule has 5 nitrogen and oxygen atoms in total. The lowest BCUT2D eigenvalue weighted by molar-refractivity contribution is 0.506. The molecule has 0 spiro atoms. The van der Waals surface area contributed by atoms with Gasteiger partial charge in [-0.25, -0.2) is 4.68 Å². The Kier molecular flexibility index (Phi) is 1.99. The lowest BCUT2D eigenvalue weighted by atomic mass is 10.3. The van der Waals surface area contributed by atoms with Crippen LogP contribution in [0.2, 0.25) is 0 Å². The lowest BCUT2D eigenvalue weighted by Gasteiger charge is -2.07. The fraction of sp³-hybridized carbons (Fsp3) is 0.333. The molecule has 2 rings (SSSR count). The molecule has 0 bridgehead atoms. The van der Waals surface area contributed by atoms with Crippen LogP contribution in [0.4, 0.5) is 0 Å². The van der Waals surface area contributed by atoms with Crippen molar-refractivity contribution in [2.45, 2.75) is 19.9 Å². The van der Waals surface area contributed by atoms with Gasteiger partial charge in [0.1, 0.15) is 0 Å². The number of nitrogens with zero attached hydrogens (tertiary/aromatic N) is 4. The van der Waals surface area contributed by atoms with E-state index in [0.717, 1.165) is 5.39 Å². The van der Waals surface area contributed by atoms with E-state index in [1.165, 1.54) is 4.68 Å². The van der Waals surface area contributed by atoms with Gasteiger partial charge in [-0.1, -0.05) is 0 Å². The van der Waals surface area contributed by atoms with Crippen molar-refractivity contribution in [3.8, 4) is 0 Å². The van der Waals surface area contributed by atoms with Crippen molar-refractivity contribution >= 4 is 10.9 Å². The monoisotopic (exact) mass is 190 g/mol. The third kappa shape index (κ3) is 1.26. The van der Waals surface area contributed by atoms with Gasteiger partial charge >= 0.3 is 0 Å². The van der Waals surface area contributed by atoms with E-state index in [1.807, 2.05) is 13.8 Å². The predicted molar refractivity (Wildman–Crippen MR) is 52.0 cm³/mol. The number of aromatic nitrogens is 4. The number of rotatable bonds is 1. The zero-order valence-electron chi connectivity index (χ0n) is 8.01. The Balaban J connectivity index is 2.82. The highest BCUT2D eigenvalue weighted by Gasteiger charge is 2.07. The van der Waals surface area contributed by atoms with E-state index in [2.05, 4.69) is 15.3 Å². The minimum atomic E-state index is -0.189. The Morgan fingerprint density at radius 3 is 2.93 bits per heavy atom. The Morgan fingerprint density at radius 2 is 2.21 bits per heavy atom. The van der Waals surface area contributed by atoms with Crippen LogP contribution in [0.1, 0.15) is 19.9 Å². The van der Waals surface area contributed by atoms with Gasteiger partial charge in [-0.3, -0.25) is 4.79 Å². The van der Waals surface area contributed by atoms with Gasteiger partial charge < -0.3 is 0 Å². The topological polar surface area (TPSA) is 60.7 Å².